The monoisotopic (exact) mass is 458 g/mol. The second-order valence-corrected chi connectivity index (χ2v) is 9.49. The van der Waals surface area contributed by atoms with Crippen LogP contribution in [0.2, 0.25) is 0 Å². The lowest BCUT2D eigenvalue weighted by Crippen LogP contribution is -2.67. The summed E-state index contributed by atoms with van der Waals surface area (Å²) < 4.78 is 6.04. The number of nitrogens with zero attached hydrogens (tertiary/aromatic N) is 2. The molecule has 5 rings (SSSR count). The van der Waals surface area contributed by atoms with E-state index >= 15 is 0 Å². The lowest BCUT2D eigenvalue weighted by atomic mass is 9.74. The van der Waals surface area contributed by atoms with Gasteiger partial charge in [-0.2, -0.15) is 0 Å². The summed E-state index contributed by atoms with van der Waals surface area (Å²) in [7, 11) is 0. The van der Waals surface area contributed by atoms with E-state index in [4.69, 9.17) is 4.74 Å². The van der Waals surface area contributed by atoms with Gasteiger partial charge in [-0.25, -0.2) is 4.79 Å². The summed E-state index contributed by atoms with van der Waals surface area (Å²) in [6.45, 7) is 6.50. The number of amides is 4. The molecule has 3 aromatic rings. The van der Waals surface area contributed by atoms with Crippen LogP contribution in [-0.2, 0) is 21.6 Å². The molecule has 2 saturated heterocycles. The molecule has 2 fully saturated rings. The normalized spacial score (nSPS) is 24.1. The molecule has 174 valence electrons. The van der Waals surface area contributed by atoms with E-state index in [0.717, 1.165) is 27.7 Å². The standard InChI is InChI=1S/C26H26N4O4/c1-16-12-17(20-6-4-5-7-21(20)27-16)13-34-19-10-8-18(9-11-19)25(2)14-30(23(25)32)15-26(3)22(31)28-24(33)29-26/h4-12H,13-15H2,1-3H3,(H2,28,29,31,33). The predicted octanol–water partition coefficient (Wildman–Crippen LogP) is 2.82. The van der Waals surface area contributed by atoms with E-state index in [0.29, 0.717) is 18.9 Å². The number of hydrogen-bond donors (Lipinski definition) is 2. The molecule has 0 aliphatic carbocycles. The molecular formula is C26H26N4O4. The van der Waals surface area contributed by atoms with Crippen LogP contribution in [0.3, 0.4) is 0 Å². The van der Waals surface area contributed by atoms with Gasteiger partial charge >= 0.3 is 6.03 Å². The first-order valence-electron chi connectivity index (χ1n) is 11.2. The first-order valence-corrected chi connectivity index (χ1v) is 11.2. The van der Waals surface area contributed by atoms with E-state index in [1.165, 1.54) is 0 Å². The Balaban J connectivity index is 1.25. The van der Waals surface area contributed by atoms with Crippen LogP contribution < -0.4 is 15.4 Å². The minimum Gasteiger partial charge on any atom is -0.489 e. The van der Waals surface area contributed by atoms with Crippen LogP contribution in [-0.4, -0.2) is 46.4 Å². The summed E-state index contributed by atoms with van der Waals surface area (Å²) >= 11 is 0. The lowest BCUT2D eigenvalue weighted by Gasteiger charge is -2.49. The van der Waals surface area contributed by atoms with Crippen LogP contribution in [0, 0.1) is 6.92 Å². The fraction of sp³-hybridized carbons (Fsp3) is 0.308. The summed E-state index contributed by atoms with van der Waals surface area (Å²) in [4.78, 5) is 42.7. The topological polar surface area (TPSA) is 101 Å². The number of aryl methyl sites for hydroxylation is 1. The zero-order valence-electron chi connectivity index (χ0n) is 19.3. The number of fused-ring (bicyclic) bond motifs is 1. The first kappa shape index (κ1) is 21.9. The minimum absolute atomic E-state index is 0.0740. The Bertz CT molecular complexity index is 1320. The quantitative estimate of drug-likeness (QED) is 0.437. The van der Waals surface area contributed by atoms with E-state index < -0.39 is 22.9 Å². The maximum Gasteiger partial charge on any atom is 0.322 e. The fourth-order valence-electron chi connectivity index (χ4n) is 4.79. The van der Waals surface area contributed by atoms with Gasteiger partial charge < -0.3 is 15.0 Å². The molecule has 0 spiro atoms. The van der Waals surface area contributed by atoms with Crippen molar-refractivity contribution in [2.75, 3.05) is 13.1 Å². The van der Waals surface area contributed by atoms with Crippen molar-refractivity contribution in [3.63, 3.8) is 0 Å². The second-order valence-electron chi connectivity index (χ2n) is 9.49. The summed E-state index contributed by atoms with van der Waals surface area (Å²) in [5, 5.41) is 5.90. The van der Waals surface area contributed by atoms with Crippen molar-refractivity contribution in [3.8, 4) is 5.75 Å². The number of carbonyl (C=O) groups excluding carboxylic acids is 3. The molecule has 0 bridgehead atoms. The van der Waals surface area contributed by atoms with E-state index in [1.54, 1.807) is 11.8 Å². The highest BCUT2D eigenvalue weighted by atomic mass is 16.5. The molecule has 0 saturated carbocycles. The van der Waals surface area contributed by atoms with E-state index in [-0.39, 0.29) is 12.5 Å². The highest BCUT2D eigenvalue weighted by Gasteiger charge is 2.53. The number of para-hydroxylation sites is 1. The lowest BCUT2D eigenvalue weighted by molar-refractivity contribution is -0.152. The Morgan fingerprint density at radius 1 is 1.06 bits per heavy atom. The predicted molar refractivity (Wildman–Crippen MR) is 126 cm³/mol. The molecule has 1 aromatic heterocycles. The molecule has 34 heavy (non-hydrogen) atoms. The van der Waals surface area contributed by atoms with Gasteiger partial charge in [0.1, 0.15) is 17.9 Å². The Hall–Kier alpha value is -3.94. The number of nitrogens with one attached hydrogen (secondary N) is 2. The number of urea groups is 1. The molecule has 2 unspecified atom stereocenters. The molecule has 8 nitrogen and oxygen atoms in total. The van der Waals surface area contributed by atoms with E-state index in [1.807, 2.05) is 68.4 Å². The highest BCUT2D eigenvalue weighted by molar-refractivity contribution is 6.07. The number of ether oxygens (including phenoxy) is 1. The third-order valence-electron chi connectivity index (χ3n) is 6.71. The van der Waals surface area contributed by atoms with Crippen LogP contribution in [0.4, 0.5) is 4.79 Å². The summed E-state index contributed by atoms with van der Waals surface area (Å²) in [6.07, 6.45) is 0. The number of imide groups is 1. The zero-order chi connectivity index (χ0) is 24.1. The van der Waals surface area contributed by atoms with Gasteiger partial charge in [-0.1, -0.05) is 30.3 Å². The van der Waals surface area contributed by atoms with Crippen LogP contribution >= 0.6 is 0 Å². The van der Waals surface area contributed by atoms with Crippen LogP contribution in [0.1, 0.15) is 30.7 Å². The molecule has 2 aliphatic rings. The first-order chi connectivity index (χ1) is 16.2. The minimum atomic E-state index is -1.11. The van der Waals surface area contributed by atoms with Crippen molar-refractivity contribution in [3.05, 3.63) is 71.4 Å². The molecular weight excluding hydrogens is 432 g/mol. The van der Waals surface area contributed by atoms with Gasteiger partial charge in [-0.15, -0.1) is 0 Å². The zero-order valence-corrected chi connectivity index (χ0v) is 19.3. The largest absolute Gasteiger partial charge is 0.489 e. The Morgan fingerprint density at radius 3 is 2.47 bits per heavy atom. The molecule has 0 radical (unpaired) electrons. The number of β-lactam (4-membered cyclic amide) rings is 1. The molecule has 3 heterocycles. The van der Waals surface area contributed by atoms with E-state index in [2.05, 4.69) is 15.6 Å². The van der Waals surface area contributed by atoms with Gasteiger partial charge in [0.25, 0.3) is 5.91 Å². The summed E-state index contributed by atoms with van der Waals surface area (Å²) in [5.41, 5.74) is 2.06. The van der Waals surface area contributed by atoms with Crippen LogP contribution in [0.15, 0.2) is 54.6 Å². The molecule has 2 aromatic carbocycles. The second kappa shape index (κ2) is 7.83. The number of aromatic nitrogens is 1. The number of hydrogen-bond acceptors (Lipinski definition) is 5. The molecule has 4 amide bonds. The SMILES string of the molecule is Cc1cc(COc2ccc(C3(C)CN(CC4(C)NC(=O)NC4=O)C3=O)cc2)c2ccccc2n1. The smallest absolute Gasteiger partial charge is 0.322 e. The molecule has 2 atom stereocenters. The number of carbonyl (C=O) groups is 3. The number of likely N-dealkylation sites (tertiary alicyclic amines) is 1. The van der Waals surface area contributed by atoms with Crippen molar-refractivity contribution in [2.24, 2.45) is 0 Å². The fourth-order valence-corrected chi connectivity index (χ4v) is 4.79. The highest BCUT2D eigenvalue weighted by Crippen LogP contribution is 2.37. The summed E-state index contributed by atoms with van der Waals surface area (Å²) in [6, 6.07) is 17.1. The Kier molecular flexibility index (Phi) is 5.04. The van der Waals surface area contributed by atoms with Crippen LogP contribution in [0.25, 0.3) is 10.9 Å². The van der Waals surface area contributed by atoms with Crippen molar-refractivity contribution in [2.45, 2.75) is 38.3 Å². The van der Waals surface area contributed by atoms with Crippen LogP contribution in [0.5, 0.6) is 5.75 Å². The number of pyridine rings is 1. The number of benzene rings is 2. The van der Waals surface area contributed by atoms with E-state index in [9.17, 15) is 14.4 Å². The van der Waals surface area contributed by atoms with Crippen molar-refractivity contribution in [1.29, 1.82) is 0 Å². The maximum absolute atomic E-state index is 13.0. The summed E-state index contributed by atoms with van der Waals surface area (Å²) in [5.74, 6) is 0.222. The molecule has 2 aliphatic heterocycles. The van der Waals surface area contributed by atoms with Gasteiger partial charge in [0.2, 0.25) is 5.91 Å². The van der Waals surface area contributed by atoms with Crippen molar-refractivity contribution in [1.82, 2.24) is 20.5 Å². The Morgan fingerprint density at radius 2 is 1.79 bits per heavy atom. The number of rotatable bonds is 6. The average molecular weight is 459 g/mol. The average Bonchev–Trinajstić information content (AvgIpc) is 3.07. The maximum atomic E-state index is 13.0. The van der Waals surface area contributed by atoms with Gasteiger partial charge in [0, 0.05) is 23.2 Å². The van der Waals surface area contributed by atoms with Crippen molar-refractivity contribution >= 4 is 28.7 Å². The van der Waals surface area contributed by atoms with Gasteiger partial charge in [0.15, 0.2) is 0 Å². The van der Waals surface area contributed by atoms with Crippen molar-refractivity contribution < 1.29 is 19.1 Å². The van der Waals surface area contributed by atoms with Gasteiger partial charge in [-0.3, -0.25) is 19.9 Å². The molecule has 2 N–H and O–H groups in total. The van der Waals surface area contributed by atoms with Gasteiger partial charge in [-0.05, 0) is 50.6 Å². The molecule has 8 heteroatoms. The van der Waals surface area contributed by atoms with Gasteiger partial charge in [0.05, 0.1) is 17.5 Å². The third-order valence-corrected chi connectivity index (χ3v) is 6.71. The Labute approximate surface area is 197 Å². The third kappa shape index (κ3) is 3.65.